The van der Waals surface area contributed by atoms with Crippen molar-refractivity contribution in [2.45, 2.75) is 63.4 Å². The lowest BCUT2D eigenvalue weighted by Gasteiger charge is -2.13. The summed E-state index contributed by atoms with van der Waals surface area (Å²) in [5.41, 5.74) is 4.93. The third-order valence-electron chi connectivity index (χ3n) is 6.24. The first-order valence-electron chi connectivity index (χ1n) is 12.9. The van der Waals surface area contributed by atoms with Crippen LogP contribution in [0.2, 0.25) is 10.0 Å². The summed E-state index contributed by atoms with van der Waals surface area (Å²) < 4.78 is 1.87. The minimum atomic E-state index is -0.164. The highest BCUT2D eigenvalue weighted by atomic mass is 35.5. The van der Waals surface area contributed by atoms with Gasteiger partial charge in [-0.15, -0.1) is 10.2 Å². The van der Waals surface area contributed by atoms with Crippen molar-refractivity contribution in [2.75, 3.05) is 0 Å². The fourth-order valence-corrected chi connectivity index (χ4v) is 5.47. The number of carbonyl (C=O) groups excluding carboxylic acids is 1. The van der Waals surface area contributed by atoms with E-state index in [9.17, 15) is 4.79 Å². The summed E-state index contributed by atoms with van der Waals surface area (Å²) in [6.45, 7) is 4.48. The first-order valence-corrected chi connectivity index (χ1v) is 14.6. The zero-order chi connectivity index (χ0) is 26.9. The molecular weight excluding hydrogens is 535 g/mol. The van der Waals surface area contributed by atoms with E-state index in [1.54, 1.807) is 30.0 Å². The molecule has 0 unspecified atom stereocenters. The lowest BCUT2D eigenvalue weighted by molar-refractivity contribution is 0.0949. The predicted molar refractivity (Wildman–Crippen MR) is 158 cm³/mol. The van der Waals surface area contributed by atoms with Crippen LogP contribution >= 0.6 is 35.0 Å². The number of amides is 1. The van der Waals surface area contributed by atoms with Crippen molar-refractivity contribution < 1.29 is 4.79 Å². The molecule has 0 atom stereocenters. The number of aryl methyl sites for hydroxylation is 2. The molecule has 198 valence electrons. The minimum Gasteiger partial charge on any atom is -0.345 e. The number of halogens is 2. The number of aromatic nitrogens is 3. The minimum absolute atomic E-state index is 0.164. The van der Waals surface area contributed by atoms with Crippen molar-refractivity contribution in [1.29, 1.82) is 0 Å². The Morgan fingerprint density at radius 3 is 2.53 bits per heavy atom. The number of rotatable bonds is 12. The van der Waals surface area contributed by atoms with Gasteiger partial charge in [-0.2, -0.15) is 0 Å². The molecule has 0 fully saturated rings. The van der Waals surface area contributed by atoms with Crippen LogP contribution in [0, 0.1) is 6.92 Å². The molecule has 4 rings (SSSR count). The summed E-state index contributed by atoms with van der Waals surface area (Å²) in [6.07, 6.45) is 5.93. The van der Waals surface area contributed by atoms with Crippen LogP contribution in [0.1, 0.15) is 65.5 Å². The molecule has 0 saturated heterocycles. The summed E-state index contributed by atoms with van der Waals surface area (Å²) in [5, 5.41) is 13.6. The maximum atomic E-state index is 12.9. The molecule has 5 nitrogen and oxygen atoms in total. The Bertz CT molecular complexity index is 1370. The molecule has 0 radical (unpaired) electrons. The van der Waals surface area contributed by atoms with Crippen molar-refractivity contribution >= 4 is 40.9 Å². The van der Waals surface area contributed by atoms with Crippen LogP contribution in [0.4, 0.5) is 0 Å². The third-order valence-corrected chi connectivity index (χ3v) is 7.80. The first kappa shape index (κ1) is 28.2. The van der Waals surface area contributed by atoms with E-state index < -0.39 is 0 Å². The first-order chi connectivity index (χ1) is 18.4. The summed E-state index contributed by atoms with van der Waals surface area (Å²) in [4.78, 5) is 12.9. The van der Waals surface area contributed by atoms with E-state index in [0.717, 1.165) is 12.2 Å². The fraction of sp³-hybridized carbons (Fsp3) is 0.300. The highest BCUT2D eigenvalue weighted by molar-refractivity contribution is 7.98. The number of nitrogens with one attached hydrogen (secondary N) is 1. The second-order valence-corrected chi connectivity index (χ2v) is 11.1. The lowest BCUT2D eigenvalue weighted by Crippen LogP contribution is -2.24. The van der Waals surface area contributed by atoms with Gasteiger partial charge < -0.3 is 5.32 Å². The van der Waals surface area contributed by atoms with E-state index in [4.69, 9.17) is 23.2 Å². The summed E-state index contributed by atoms with van der Waals surface area (Å²) >= 11 is 14.4. The Morgan fingerprint density at radius 1 is 0.947 bits per heavy atom. The number of carbonyl (C=O) groups is 1. The smallest absolute Gasteiger partial charge is 0.251 e. The van der Waals surface area contributed by atoms with Crippen LogP contribution in [-0.4, -0.2) is 20.7 Å². The molecule has 4 aromatic rings. The van der Waals surface area contributed by atoms with Crippen molar-refractivity contribution in [3.05, 3.63) is 105 Å². The van der Waals surface area contributed by atoms with Crippen LogP contribution in [0.5, 0.6) is 0 Å². The van der Waals surface area contributed by atoms with Crippen molar-refractivity contribution in [2.24, 2.45) is 0 Å². The molecule has 0 aliphatic rings. The Kier molecular flexibility index (Phi) is 10.3. The van der Waals surface area contributed by atoms with Gasteiger partial charge in [-0.3, -0.25) is 9.36 Å². The second kappa shape index (κ2) is 13.8. The highest BCUT2D eigenvalue weighted by Gasteiger charge is 2.18. The van der Waals surface area contributed by atoms with Crippen LogP contribution in [-0.2, 0) is 18.7 Å². The normalized spacial score (nSPS) is 11.1. The van der Waals surface area contributed by atoms with E-state index in [1.165, 1.54) is 42.4 Å². The van der Waals surface area contributed by atoms with Gasteiger partial charge in [0, 0.05) is 16.3 Å². The molecule has 0 saturated carbocycles. The number of benzene rings is 3. The maximum absolute atomic E-state index is 12.9. The SMILES string of the molecule is CCCCCCc1ccc(C(=O)NCc2nnc(SCc3cccc(C)c3)n2-c2cc(Cl)ccc2Cl)cc1. The van der Waals surface area contributed by atoms with E-state index in [1.807, 2.05) is 34.9 Å². The molecule has 1 aromatic heterocycles. The molecule has 0 aliphatic heterocycles. The Labute approximate surface area is 239 Å². The van der Waals surface area contributed by atoms with Gasteiger partial charge in [0.05, 0.1) is 17.3 Å². The van der Waals surface area contributed by atoms with Gasteiger partial charge in [-0.1, -0.05) is 103 Å². The van der Waals surface area contributed by atoms with Gasteiger partial charge in [0.1, 0.15) is 0 Å². The predicted octanol–water partition coefficient (Wildman–Crippen LogP) is 8.23. The van der Waals surface area contributed by atoms with Gasteiger partial charge in [0.15, 0.2) is 11.0 Å². The van der Waals surface area contributed by atoms with Gasteiger partial charge in [-0.05, 0) is 61.2 Å². The Hall–Kier alpha value is -2.80. The Balaban J connectivity index is 1.49. The molecular formula is C30H32Cl2N4OS. The standard InChI is InChI=1S/C30H32Cl2N4OS/c1-3-4-5-6-9-22-11-13-24(14-12-22)29(37)33-19-28-34-35-30(38-20-23-10-7-8-21(2)17-23)36(28)27-18-25(31)15-16-26(27)32/h7-8,10-18H,3-6,9,19-20H2,1-2H3,(H,33,37). The van der Waals surface area contributed by atoms with Crippen LogP contribution in [0.3, 0.4) is 0 Å². The summed E-state index contributed by atoms with van der Waals surface area (Å²) in [7, 11) is 0. The van der Waals surface area contributed by atoms with Crippen molar-refractivity contribution in [3.63, 3.8) is 0 Å². The molecule has 1 heterocycles. The zero-order valence-electron chi connectivity index (χ0n) is 21.7. The molecule has 38 heavy (non-hydrogen) atoms. The number of nitrogens with zero attached hydrogens (tertiary/aromatic N) is 3. The van der Waals surface area contributed by atoms with Gasteiger partial charge >= 0.3 is 0 Å². The average molecular weight is 568 g/mol. The topological polar surface area (TPSA) is 59.8 Å². The Morgan fingerprint density at radius 2 is 1.76 bits per heavy atom. The molecule has 0 bridgehead atoms. The molecule has 1 amide bonds. The third kappa shape index (κ3) is 7.62. The largest absolute Gasteiger partial charge is 0.345 e. The molecule has 0 aliphatic carbocycles. The molecule has 8 heteroatoms. The number of hydrogen-bond acceptors (Lipinski definition) is 4. The van der Waals surface area contributed by atoms with E-state index in [2.05, 4.69) is 47.6 Å². The van der Waals surface area contributed by atoms with E-state index in [0.29, 0.717) is 32.3 Å². The monoisotopic (exact) mass is 566 g/mol. The highest BCUT2D eigenvalue weighted by Crippen LogP contribution is 2.31. The quantitative estimate of drug-likeness (QED) is 0.138. The van der Waals surface area contributed by atoms with Gasteiger partial charge in [0.25, 0.3) is 5.91 Å². The molecule has 1 N–H and O–H groups in total. The molecule has 0 spiro atoms. The molecule has 3 aromatic carbocycles. The van der Waals surface area contributed by atoms with Crippen LogP contribution < -0.4 is 5.32 Å². The van der Waals surface area contributed by atoms with Crippen molar-refractivity contribution in [1.82, 2.24) is 20.1 Å². The number of hydrogen-bond donors (Lipinski definition) is 1. The fourth-order valence-electron chi connectivity index (χ4n) is 4.20. The zero-order valence-corrected chi connectivity index (χ0v) is 24.0. The number of unbranched alkanes of at least 4 members (excludes halogenated alkanes) is 3. The summed E-state index contributed by atoms with van der Waals surface area (Å²) in [6, 6.07) is 21.5. The van der Waals surface area contributed by atoms with Gasteiger partial charge in [-0.25, -0.2) is 0 Å². The number of thioether (sulfide) groups is 1. The summed E-state index contributed by atoms with van der Waals surface area (Å²) in [5.74, 6) is 1.12. The van der Waals surface area contributed by atoms with E-state index in [-0.39, 0.29) is 12.5 Å². The maximum Gasteiger partial charge on any atom is 0.251 e. The van der Waals surface area contributed by atoms with Crippen LogP contribution in [0.25, 0.3) is 5.69 Å². The van der Waals surface area contributed by atoms with Crippen molar-refractivity contribution in [3.8, 4) is 5.69 Å². The lowest BCUT2D eigenvalue weighted by atomic mass is 10.0. The van der Waals surface area contributed by atoms with Crippen LogP contribution in [0.15, 0.2) is 71.9 Å². The average Bonchev–Trinajstić information content (AvgIpc) is 3.33. The van der Waals surface area contributed by atoms with Gasteiger partial charge in [0.2, 0.25) is 0 Å². The van der Waals surface area contributed by atoms with E-state index >= 15 is 0 Å². The second-order valence-electron chi connectivity index (χ2n) is 9.30.